The van der Waals surface area contributed by atoms with Gasteiger partial charge in [-0.2, -0.15) is 0 Å². The molecule has 1 aromatic rings. The minimum Gasteiger partial charge on any atom is -0.497 e. The SMILES string of the molecule is CCC(CC)(CN)C(=O)N1CCc2cc(OC)ccc21.Cl. The Morgan fingerprint density at radius 3 is 2.57 bits per heavy atom. The largest absolute Gasteiger partial charge is 0.497 e. The summed E-state index contributed by atoms with van der Waals surface area (Å²) in [5, 5.41) is 0. The number of amides is 1. The number of carbonyl (C=O) groups excluding carboxylic acids is 1. The Morgan fingerprint density at radius 1 is 1.38 bits per heavy atom. The highest BCUT2D eigenvalue weighted by molar-refractivity contribution is 5.99. The Balaban J connectivity index is 0.00000220. The number of methoxy groups -OCH3 is 1. The summed E-state index contributed by atoms with van der Waals surface area (Å²) in [6.07, 6.45) is 2.44. The third-order valence-corrected chi connectivity index (χ3v) is 4.63. The molecule has 2 rings (SSSR count). The van der Waals surface area contributed by atoms with Crippen molar-refractivity contribution in [3.63, 3.8) is 0 Å². The molecule has 2 N–H and O–H groups in total. The summed E-state index contributed by atoms with van der Waals surface area (Å²) in [5.74, 6) is 1.00. The van der Waals surface area contributed by atoms with Gasteiger partial charge >= 0.3 is 0 Å². The molecule has 0 aliphatic carbocycles. The molecular weight excluding hydrogens is 288 g/mol. The van der Waals surface area contributed by atoms with E-state index < -0.39 is 5.41 Å². The van der Waals surface area contributed by atoms with E-state index in [0.717, 1.165) is 37.2 Å². The van der Waals surface area contributed by atoms with Gasteiger partial charge < -0.3 is 15.4 Å². The fourth-order valence-corrected chi connectivity index (χ4v) is 2.93. The Labute approximate surface area is 133 Å². The van der Waals surface area contributed by atoms with E-state index in [1.54, 1.807) is 7.11 Å². The fraction of sp³-hybridized carbons (Fsp3) is 0.562. The first kappa shape index (κ1) is 17.8. The van der Waals surface area contributed by atoms with Crippen LogP contribution >= 0.6 is 12.4 Å². The molecule has 1 aliphatic heterocycles. The molecule has 5 heteroatoms. The zero-order valence-corrected chi connectivity index (χ0v) is 13.8. The standard InChI is InChI=1S/C16H24N2O2.ClH/c1-4-16(5-2,11-17)15(19)18-9-8-12-10-13(20-3)6-7-14(12)18;/h6-7,10H,4-5,8-9,11,17H2,1-3H3;1H. The second-order valence-electron chi connectivity index (χ2n) is 5.39. The van der Waals surface area contributed by atoms with Crippen molar-refractivity contribution in [3.05, 3.63) is 23.8 Å². The van der Waals surface area contributed by atoms with E-state index in [-0.39, 0.29) is 18.3 Å². The lowest BCUT2D eigenvalue weighted by Crippen LogP contribution is -2.47. The maximum atomic E-state index is 12.9. The van der Waals surface area contributed by atoms with E-state index in [4.69, 9.17) is 10.5 Å². The van der Waals surface area contributed by atoms with E-state index in [2.05, 4.69) is 0 Å². The van der Waals surface area contributed by atoms with Crippen molar-refractivity contribution in [1.82, 2.24) is 0 Å². The number of hydrogen-bond donors (Lipinski definition) is 1. The summed E-state index contributed by atoms with van der Waals surface area (Å²) in [6, 6.07) is 5.91. The molecule has 0 bridgehead atoms. The zero-order valence-electron chi connectivity index (χ0n) is 13.0. The lowest BCUT2D eigenvalue weighted by molar-refractivity contribution is -0.128. The van der Waals surface area contributed by atoms with Gasteiger partial charge in [0, 0.05) is 18.8 Å². The van der Waals surface area contributed by atoms with Crippen molar-refractivity contribution in [3.8, 4) is 5.75 Å². The van der Waals surface area contributed by atoms with Crippen LogP contribution in [0.1, 0.15) is 32.3 Å². The van der Waals surface area contributed by atoms with Gasteiger partial charge in [0.1, 0.15) is 5.75 Å². The average Bonchev–Trinajstić information content (AvgIpc) is 2.92. The fourth-order valence-electron chi connectivity index (χ4n) is 2.93. The first-order valence-electron chi connectivity index (χ1n) is 7.30. The molecule has 0 spiro atoms. The quantitative estimate of drug-likeness (QED) is 0.909. The molecular formula is C16H25ClN2O2. The number of ether oxygens (including phenoxy) is 1. The lowest BCUT2D eigenvalue weighted by Gasteiger charge is -2.33. The number of fused-ring (bicyclic) bond motifs is 1. The Bertz CT molecular complexity index is 493. The topological polar surface area (TPSA) is 55.6 Å². The third kappa shape index (κ3) is 3.01. The van der Waals surface area contributed by atoms with E-state index in [9.17, 15) is 4.79 Å². The number of hydrogen-bond acceptors (Lipinski definition) is 3. The number of rotatable bonds is 5. The summed E-state index contributed by atoms with van der Waals surface area (Å²) >= 11 is 0. The number of nitrogens with two attached hydrogens (primary N) is 1. The third-order valence-electron chi connectivity index (χ3n) is 4.63. The van der Waals surface area contributed by atoms with Gasteiger partial charge in [0.25, 0.3) is 0 Å². The maximum absolute atomic E-state index is 12.9. The van der Waals surface area contributed by atoms with E-state index in [1.807, 2.05) is 36.9 Å². The summed E-state index contributed by atoms with van der Waals surface area (Å²) in [7, 11) is 1.66. The number of nitrogens with zero attached hydrogens (tertiary/aromatic N) is 1. The molecule has 21 heavy (non-hydrogen) atoms. The van der Waals surface area contributed by atoms with Crippen molar-refractivity contribution in [2.45, 2.75) is 33.1 Å². The minimum atomic E-state index is -0.429. The van der Waals surface area contributed by atoms with Crippen LogP contribution < -0.4 is 15.4 Å². The Morgan fingerprint density at radius 2 is 2.05 bits per heavy atom. The van der Waals surface area contributed by atoms with Crippen molar-refractivity contribution in [1.29, 1.82) is 0 Å². The molecule has 1 aliphatic rings. The molecule has 4 nitrogen and oxygen atoms in total. The van der Waals surface area contributed by atoms with Crippen molar-refractivity contribution in [2.24, 2.45) is 11.1 Å². The first-order valence-corrected chi connectivity index (χ1v) is 7.30. The van der Waals surface area contributed by atoms with Crippen LogP contribution in [0.15, 0.2) is 18.2 Å². The van der Waals surface area contributed by atoms with Gasteiger partial charge in [-0.05, 0) is 43.0 Å². The van der Waals surface area contributed by atoms with Gasteiger partial charge in [0.2, 0.25) is 5.91 Å². The van der Waals surface area contributed by atoms with Crippen LogP contribution in [-0.4, -0.2) is 26.1 Å². The van der Waals surface area contributed by atoms with Crippen LogP contribution in [0.2, 0.25) is 0 Å². The second-order valence-corrected chi connectivity index (χ2v) is 5.39. The number of carbonyl (C=O) groups is 1. The van der Waals surface area contributed by atoms with Crippen LogP contribution in [0.3, 0.4) is 0 Å². The predicted molar refractivity (Wildman–Crippen MR) is 88.4 cm³/mol. The van der Waals surface area contributed by atoms with Crippen molar-refractivity contribution in [2.75, 3.05) is 25.1 Å². The normalized spacial score (nSPS) is 13.6. The van der Waals surface area contributed by atoms with Gasteiger partial charge in [-0.15, -0.1) is 12.4 Å². The second kappa shape index (κ2) is 7.14. The van der Waals surface area contributed by atoms with Crippen molar-refractivity contribution < 1.29 is 9.53 Å². The van der Waals surface area contributed by atoms with Crippen LogP contribution in [0.4, 0.5) is 5.69 Å². The molecule has 1 aromatic carbocycles. The molecule has 0 aromatic heterocycles. The van der Waals surface area contributed by atoms with Gasteiger partial charge in [-0.1, -0.05) is 13.8 Å². The van der Waals surface area contributed by atoms with E-state index >= 15 is 0 Å². The number of anilines is 1. The van der Waals surface area contributed by atoms with E-state index in [0.29, 0.717) is 6.54 Å². The molecule has 0 unspecified atom stereocenters. The predicted octanol–water partition coefficient (Wildman–Crippen LogP) is 2.77. The van der Waals surface area contributed by atoms with Gasteiger partial charge in [0.05, 0.1) is 12.5 Å². The number of benzene rings is 1. The average molecular weight is 313 g/mol. The minimum absolute atomic E-state index is 0. The molecule has 0 atom stereocenters. The zero-order chi connectivity index (χ0) is 14.8. The Hall–Kier alpha value is -1.26. The summed E-state index contributed by atoms with van der Waals surface area (Å²) in [5.41, 5.74) is 7.65. The van der Waals surface area contributed by atoms with Crippen LogP contribution in [0.25, 0.3) is 0 Å². The van der Waals surface area contributed by atoms with Gasteiger partial charge in [-0.25, -0.2) is 0 Å². The van der Waals surface area contributed by atoms with Crippen LogP contribution in [-0.2, 0) is 11.2 Å². The van der Waals surface area contributed by atoms with Crippen LogP contribution in [0.5, 0.6) is 5.75 Å². The van der Waals surface area contributed by atoms with Crippen molar-refractivity contribution >= 4 is 24.0 Å². The molecule has 0 radical (unpaired) electrons. The molecule has 1 heterocycles. The van der Waals surface area contributed by atoms with Gasteiger partial charge in [0.15, 0.2) is 0 Å². The first-order chi connectivity index (χ1) is 9.61. The van der Waals surface area contributed by atoms with Crippen LogP contribution in [0, 0.1) is 5.41 Å². The smallest absolute Gasteiger partial charge is 0.234 e. The molecule has 0 fully saturated rings. The lowest BCUT2D eigenvalue weighted by atomic mass is 9.81. The highest BCUT2D eigenvalue weighted by atomic mass is 35.5. The molecule has 1 amide bonds. The highest BCUT2D eigenvalue weighted by Crippen LogP contribution is 2.36. The summed E-state index contributed by atoms with van der Waals surface area (Å²) in [4.78, 5) is 14.8. The monoisotopic (exact) mass is 312 g/mol. The maximum Gasteiger partial charge on any atom is 0.234 e. The molecule has 118 valence electrons. The summed E-state index contributed by atoms with van der Waals surface area (Å²) < 4.78 is 5.24. The number of halogens is 1. The highest BCUT2D eigenvalue weighted by Gasteiger charge is 2.39. The summed E-state index contributed by atoms with van der Waals surface area (Å²) in [6.45, 7) is 5.22. The molecule has 0 saturated heterocycles. The molecule has 0 saturated carbocycles. The Kier molecular flexibility index (Phi) is 6.05. The van der Waals surface area contributed by atoms with E-state index in [1.165, 1.54) is 5.56 Å². The van der Waals surface area contributed by atoms with Gasteiger partial charge in [-0.3, -0.25) is 4.79 Å².